The summed E-state index contributed by atoms with van der Waals surface area (Å²) in [5, 5.41) is 11.5. The molecule has 1 aromatic heterocycles. The molecule has 0 aliphatic carbocycles. The number of oxime groups is 1. The third kappa shape index (κ3) is 3.61. The number of anilines is 1. The molecule has 5 nitrogen and oxygen atoms in total. The fourth-order valence-electron chi connectivity index (χ4n) is 1.77. The van der Waals surface area contributed by atoms with Gasteiger partial charge in [-0.25, -0.2) is 0 Å². The summed E-state index contributed by atoms with van der Waals surface area (Å²) in [5.41, 5.74) is 7.02. The van der Waals surface area contributed by atoms with Crippen LogP contribution in [0.2, 0.25) is 0 Å². The van der Waals surface area contributed by atoms with Crippen molar-refractivity contribution in [3.63, 3.8) is 0 Å². The van der Waals surface area contributed by atoms with Crippen LogP contribution in [-0.4, -0.2) is 28.6 Å². The van der Waals surface area contributed by atoms with E-state index in [2.05, 4.69) is 42.7 Å². The molecule has 0 fully saturated rings. The van der Waals surface area contributed by atoms with Crippen LogP contribution in [0, 0.1) is 5.92 Å². The fraction of sp³-hybridized carbons (Fsp3) is 0.538. The van der Waals surface area contributed by atoms with Crippen LogP contribution in [0.4, 0.5) is 5.69 Å². The van der Waals surface area contributed by atoms with E-state index in [1.165, 1.54) is 0 Å². The highest BCUT2D eigenvalue weighted by atomic mass is 16.4. The minimum absolute atomic E-state index is 0.0292. The van der Waals surface area contributed by atoms with E-state index in [1.807, 2.05) is 6.07 Å². The van der Waals surface area contributed by atoms with Crippen molar-refractivity contribution in [1.29, 1.82) is 0 Å². The standard InChI is InChI=1S/C13H22N4O/c1-9(2)8-17(10(3)4)11-5-6-12(15-7-11)13(14)16-18/h5-7,9-10,18H,8H2,1-4H3,(H2,14,16). The number of amidine groups is 1. The molecule has 100 valence electrons. The van der Waals surface area contributed by atoms with Crippen molar-refractivity contribution < 1.29 is 5.21 Å². The molecule has 1 aromatic rings. The second-order valence-corrected chi connectivity index (χ2v) is 5.03. The third-order valence-corrected chi connectivity index (χ3v) is 2.63. The molecule has 1 rings (SSSR count). The second kappa shape index (κ2) is 6.23. The molecule has 0 aliphatic heterocycles. The maximum atomic E-state index is 8.59. The highest BCUT2D eigenvalue weighted by Gasteiger charge is 2.13. The zero-order chi connectivity index (χ0) is 13.7. The number of aromatic nitrogens is 1. The van der Waals surface area contributed by atoms with Gasteiger partial charge in [0.25, 0.3) is 0 Å². The largest absolute Gasteiger partial charge is 0.409 e. The maximum Gasteiger partial charge on any atom is 0.188 e. The lowest BCUT2D eigenvalue weighted by Gasteiger charge is -2.30. The summed E-state index contributed by atoms with van der Waals surface area (Å²) in [7, 11) is 0. The Morgan fingerprint density at radius 1 is 1.39 bits per heavy atom. The van der Waals surface area contributed by atoms with Crippen LogP contribution in [0.25, 0.3) is 0 Å². The van der Waals surface area contributed by atoms with E-state index in [9.17, 15) is 0 Å². The number of pyridine rings is 1. The molecule has 0 atom stereocenters. The van der Waals surface area contributed by atoms with Crippen molar-refractivity contribution in [3.8, 4) is 0 Å². The van der Waals surface area contributed by atoms with Gasteiger partial charge in [-0.1, -0.05) is 19.0 Å². The molecule has 0 spiro atoms. The van der Waals surface area contributed by atoms with Gasteiger partial charge >= 0.3 is 0 Å². The minimum Gasteiger partial charge on any atom is -0.409 e. The van der Waals surface area contributed by atoms with E-state index in [0.717, 1.165) is 12.2 Å². The lowest BCUT2D eigenvalue weighted by atomic mass is 10.1. The molecule has 0 saturated heterocycles. The third-order valence-electron chi connectivity index (χ3n) is 2.63. The van der Waals surface area contributed by atoms with E-state index in [1.54, 1.807) is 12.3 Å². The first-order valence-corrected chi connectivity index (χ1v) is 6.16. The van der Waals surface area contributed by atoms with Gasteiger partial charge in [-0.05, 0) is 31.9 Å². The molecule has 0 unspecified atom stereocenters. The van der Waals surface area contributed by atoms with E-state index in [4.69, 9.17) is 10.9 Å². The Hall–Kier alpha value is -1.78. The number of nitrogens with two attached hydrogens (primary N) is 1. The zero-order valence-corrected chi connectivity index (χ0v) is 11.5. The van der Waals surface area contributed by atoms with Crippen molar-refractivity contribution in [2.75, 3.05) is 11.4 Å². The van der Waals surface area contributed by atoms with Crippen LogP contribution >= 0.6 is 0 Å². The number of hydrogen-bond acceptors (Lipinski definition) is 4. The van der Waals surface area contributed by atoms with Gasteiger partial charge in [-0.2, -0.15) is 0 Å². The van der Waals surface area contributed by atoms with Crippen molar-refractivity contribution in [3.05, 3.63) is 24.0 Å². The fourth-order valence-corrected chi connectivity index (χ4v) is 1.77. The lowest BCUT2D eigenvalue weighted by Crippen LogP contribution is -2.34. The summed E-state index contributed by atoms with van der Waals surface area (Å²) in [6, 6.07) is 4.12. The van der Waals surface area contributed by atoms with Gasteiger partial charge in [0.15, 0.2) is 5.84 Å². The van der Waals surface area contributed by atoms with E-state index < -0.39 is 0 Å². The predicted octanol–water partition coefficient (Wildman–Crippen LogP) is 2.05. The van der Waals surface area contributed by atoms with Crippen LogP contribution in [-0.2, 0) is 0 Å². The molecule has 1 heterocycles. The Balaban J connectivity index is 2.94. The van der Waals surface area contributed by atoms with Crippen LogP contribution in [0.1, 0.15) is 33.4 Å². The Kier molecular flexibility index (Phi) is 4.95. The Morgan fingerprint density at radius 2 is 2.06 bits per heavy atom. The van der Waals surface area contributed by atoms with Crippen LogP contribution in [0.15, 0.2) is 23.5 Å². The van der Waals surface area contributed by atoms with Crippen LogP contribution in [0.3, 0.4) is 0 Å². The molecule has 3 N–H and O–H groups in total. The molecule has 5 heteroatoms. The van der Waals surface area contributed by atoms with E-state index in [0.29, 0.717) is 17.7 Å². The first-order valence-electron chi connectivity index (χ1n) is 6.16. The van der Waals surface area contributed by atoms with Gasteiger partial charge in [-0.15, -0.1) is 0 Å². The SMILES string of the molecule is CC(C)CN(c1ccc(/C(N)=N/O)nc1)C(C)C. The second-order valence-electron chi connectivity index (χ2n) is 5.03. The molecule has 0 aromatic carbocycles. The van der Waals surface area contributed by atoms with Crippen molar-refractivity contribution in [2.24, 2.45) is 16.8 Å². The summed E-state index contributed by atoms with van der Waals surface area (Å²) >= 11 is 0. The Morgan fingerprint density at radius 3 is 2.44 bits per heavy atom. The number of hydrogen-bond donors (Lipinski definition) is 2. The number of nitrogens with zero attached hydrogens (tertiary/aromatic N) is 3. The molecule has 0 bridgehead atoms. The molecule has 18 heavy (non-hydrogen) atoms. The van der Waals surface area contributed by atoms with Gasteiger partial charge in [0.2, 0.25) is 0 Å². The van der Waals surface area contributed by atoms with Gasteiger partial charge in [0, 0.05) is 12.6 Å². The molecule has 0 amide bonds. The van der Waals surface area contributed by atoms with Crippen LogP contribution < -0.4 is 10.6 Å². The molecule has 0 saturated carbocycles. The summed E-state index contributed by atoms with van der Waals surface area (Å²) in [5.74, 6) is 0.609. The molecular weight excluding hydrogens is 228 g/mol. The Bertz CT molecular complexity index is 398. The highest BCUT2D eigenvalue weighted by Crippen LogP contribution is 2.17. The molecular formula is C13H22N4O. The smallest absolute Gasteiger partial charge is 0.188 e. The first-order chi connectivity index (χ1) is 8.45. The van der Waals surface area contributed by atoms with Gasteiger partial charge < -0.3 is 15.8 Å². The topological polar surface area (TPSA) is 74.7 Å². The highest BCUT2D eigenvalue weighted by molar-refractivity contribution is 5.95. The molecule has 0 aliphatic rings. The van der Waals surface area contributed by atoms with Gasteiger partial charge in [0.1, 0.15) is 5.69 Å². The Labute approximate surface area is 108 Å². The monoisotopic (exact) mass is 250 g/mol. The van der Waals surface area contributed by atoms with E-state index in [-0.39, 0.29) is 5.84 Å². The maximum absolute atomic E-state index is 8.59. The normalized spacial score (nSPS) is 12.2. The van der Waals surface area contributed by atoms with Crippen molar-refractivity contribution in [1.82, 2.24) is 4.98 Å². The number of rotatable bonds is 5. The lowest BCUT2D eigenvalue weighted by molar-refractivity contribution is 0.318. The summed E-state index contributed by atoms with van der Waals surface area (Å²) in [6.07, 6.45) is 1.76. The average molecular weight is 250 g/mol. The summed E-state index contributed by atoms with van der Waals surface area (Å²) in [6.45, 7) is 9.66. The minimum atomic E-state index is 0.0292. The zero-order valence-electron chi connectivity index (χ0n) is 11.5. The quantitative estimate of drug-likeness (QED) is 0.363. The first kappa shape index (κ1) is 14.3. The van der Waals surface area contributed by atoms with Crippen LogP contribution in [0.5, 0.6) is 0 Å². The average Bonchev–Trinajstić information content (AvgIpc) is 2.34. The van der Waals surface area contributed by atoms with Gasteiger partial charge in [0.05, 0.1) is 11.9 Å². The van der Waals surface area contributed by atoms with Crippen molar-refractivity contribution >= 4 is 11.5 Å². The predicted molar refractivity (Wildman–Crippen MR) is 74.1 cm³/mol. The van der Waals surface area contributed by atoms with E-state index >= 15 is 0 Å². The molecule has 0 radical (unpaired) electrons. The van der Waals surface area contributed by atoms with Gasteiger partial charge in [-0.3, -0.25) is 4.98 Å². The summed E-state index contributed by atoms with van der Waals surface area (Å²) in [4.78, 5) is 6.49. The van der Waals surface area contributed by atoms with Crippen molar-refractivity contribution in [2.45, 2.75) is 33.7 Å². The summed E-state index contributed by atoms with van der Waals surface area (Å²) < 4.78 is 0.